The molecule has 1 aliphatic rings. The van der Waals surface area contributed by atoms with Gasteiger partial charge in [0.05, 0.1) is 0 Å². The summed E-state index contributed by atoms with van der Waals surface area (Å²) in [6, 6.07) is 5.98. The van der Waals surface area contributed by atoms with Crippen LogP contribution in [0.5, 0.6) is 0 Å². The summed E-state index contributed by atoms with van der Waals surface area (Å²) in [5.41, 5.74) is 15.7. The number of nitrogen functional groups attached to an aromatic ring is 1. The van der Waals surface area contributed by atoms with Gasteiger partial charge >= 0.3 is 0 Å². The number of allylic oxidation sites excluding steroid dienone is 1. The minimum atomic E-state index is 0.522. The lowest BCUT2D eigenvalue weighted by molar-refractivity contribution is 0.712. The van der Waals surface area contributed by atoms with Gasteiger partial charge in [-0.1, -0.05) is 25.1 Å². The second-order valence-corrected chi connectivity index (χ2v) is 3.68. The standard InChI is InChI=1S/C11H14N2/c1-7-5-8-3-2-4-9(12)11(8)10(13)6-7/h2-4,6-7H,5,12-13H2,1H3. The van der Waals surface area contributed by atoms with Crippen molar-refractivity contribution in [1.29, 1.82) is 0 Å². The van der Waals surface area contributed by atoms with Crippen LogP contribution in [0.15, 0.2) is 24.3 Å². The molecule has 68 valence electrons. The average Bonchev–Trinajstić information content (AvgIpc) is 2.02. The molecular weight excluding hydrogens is 160 g/mol. The van der Waals surface area contributed by atoms with Crippen molar-refractivity contribution in [2.24, 2.45) is 11.7 Å². The van der Waals surface area contributed by atoms with Crippen molar-refractivity contribution in [2.45, 2.75) is 13.3 Å². The minimum absolute atomic E-state index is 0.522. The van der Waals surface area contributed by atoms with Crippen LogP contribution >= 0.6 is 0 Å². The number of hydrogen-bond donors (Lipinski definition) is 2. The lowest BCUT2D eigenvalue weighted by atomic mass is 9.88. The van der Waals surface area contributed by atoms with Crippen LogP contribution in [0, 0.1) is 5.92 Å². The molecule has 4 N–H and O–H groups in total. The smallest absolute Gasteiger partial charge is 0.0411 e. The zero-order valence-electron chi connectivity index (χ0n) is 7.75. The summed E-state index contributed by atoms with van der Waals surface area (Å²) in [7, 11) is 0. The van der Waals surface area contributed by atoms with E-state index in [1.54, 1.807) is 0 Å². The van der Waals surface area contributed by atoms with Gasteiger partial charge in [-0.3, -0.25) is 0 Å². The monoisotopic (exact) mass is 174 g/mol. The molecule has 2 heteroatoms. The van der Waals surface area contributed by atoms with Gasteiger partial charge in [0.15, 0.2) is 0 Å². The predicted molar refractivity (Wildman–Crippen MR) is 55.9 cm³/mol. The molecule has 2 rings (SSSR count). The van der Waals surface area contributed by atoms with Crippen molar-refractivity contribution >= 4 is 11.4 Å². The average molecular weight is 174 g/mol. The van der Waals surface area contributed by atoms with E-state index in [1.807, 2.05) is 12.1 Å². The molecule has 0 radical (unpaired) electrons. The Balaban J connectivity index is 2.60. The van der Waals surface area contributed by atoms with E-state index in [1.165, 1.54) is 5.56 Å². The van der Waals surface area contributed by atoms with E-state index in [9.17, 15) is 0 Å². The van der Waals surface area contributed by atoms with Crippen molar-refractivity contribution in [3.63, 3.8) is 0 Å². The first-order valence-corrected chi connectivity index (χ1v) is 4.53. The number of fused-ring (bicyclic) bond motifs is 1. The molecule has 0 aromatic heterocycles. The van der Waals surface area contributed by atoms with Gasteiger partial charge in [-0.25, -0.2) is 0 Å². The quantitative estimate of drug-likeness (QED) is 0.589. The molecule has 1 atom stereocenters. The Morgan fingerprint density at radius 2 is 2.08 bits per heavy atom. The zero-order valence-corrected chi connectivity index (χ0v) is 7.75. The molecule has 0 aliphatic heterocycles. The molecular formula is C11H14N2. The molecule has 0 heterocycles. The van der Waals surface area contributed by atoms with E-state index in [0.717, 1.165) is 23.4 Å². The minimum Gasteiger partial charge on any atom is -0.398 e. The fourth-order valence-corrected chi connectivity index (χ4v) is 1.94. The third kappa shape index (κ3) is 1.28. The molecule has 0 saturated carbocycles. The van der Waals surface area contributed by atoms with Gasteiger partial charge < -0.3 is 11.5 Å². The van der Waals surface area contributed by atoms with E-state index < -0.39 is 0 Å². The van der Waals surface area contributed by atoms with Crippen molar-refractivity contribution < 1.29 is 0 Å². The lowest BCUT2D eigenvalue weighted by Crippen LogP contribution is -2.13. The van der Waals surface area contributed by atoms with Gasteiger partial charge in [-0.15, -0.1) is 0 Å². The van der Waals surface area contributed by atoms with Crippen molar-refractivity contribution in [3.05, 3.63) is 35.4 Å². The van der Waals surface area contributed by atoms with Crippen LogP contribution in [0.25, 0.3) is 5.70 Å². The summed E-state index contributed by atoms with van der Waals surface area (Å²) >= 11 is 0. The molecule has 0 saturated heterocycles. The highest BCUT2D eigenvalue weighted by atomic mass is 14.6. The van der Waals surface area contributed by atoms with Gasteiger partial charge in [0.1, 0.15) is 0 Å². The van der Waals surface area contributed by atoms with Gasteiger partial charge in [-0.2, -0.15) is 0 Å². The molecule has 13 heavy (non-hydrogen) atoms. The summed E-state index contributed by atoms with van der Waals surface area (Å²) in [4.78, 5) is 0. The summed E-state index contributed by atoms with van der Waals surface area (Å²) in [6.45, 7) is 2.17. The SMILES string of the molecule is CC1C=C(N)c2c(N)cccc2C1. The molecule has 2 nitrogen and oxygen atoms in total. The zero-order chi connectivity index (χ0) is 9.42. The van der Waals surface area contributed by atoms with E-state index in [-0.39, 0.29) is 0 Å². The van der Waals surface area contributed by atoms with E-state index >= 15 is 0 Å². The maximum atomic E-state index is 5.92. The first-order valence-electron chi connectivity index (χ1n) is 4.53. The highest BCUT2D eigenvalue weighted by Gasteiger charge is 2.16. The van der Waals surface area contributed by atoms with Crippen LogP contribution in [0.1, 0.15) is 18.1 Å². The summed E-state index contributed by atoms with van der Waals surface area (Å²) < 4.78 is 0. The topological polar surface area (TPSA) is 52.0 Å². The summed E-state index contributed by atoms with van der Waals surface area (Å²) in [5.74, 6) is 0.522. The fourth-order valence-electron chi connectivity index (χ4n) is 1.94. The van der Waals surface area contributed by atoms with Gasteiger partial charge in [0, 0.05) is 16.9 Å². The first-order chi connectivity index (χ1) is 6.18. The normalized spacial score (nSPS) is 20.7. The number of hydrogen-bond acceptors (Lipinski definition) is 2. The van der Waals surface area contributed by atoms with Crippen LogP contribution in [0.2, 0.25) is 0 Å². The Morgan fingerprint density at radius 1 is 1.31 bits per heavy atom. The number of anilines is 1. The highest BCUT2D eigenvalue weighted by molar-refractivity contribution is 5.77. The summed E-state index contributed by atoms with van der Waals surface area (Å²) in [6.07, 6.45) is 3.12. The van der Waals surface area contributed by atoms with Crippen LogP contribution in [0.4, 0.5) is 5.69 Å². The Hall–Kier alpha value is -1.44. The van der Waals surface area contributed by atoms with Crippen molar-refractivity contribution in [2.75, 3.05) is 5.73 Å². The van der Waals surface area contributed by atoms with Gasteiger partial charge in [-0.05, 0) is 24.0 Å². The highest BCUT2D eigenvalue weighted by Crippen LogP contribution is 2.30. The van der Waals surface area contributed by atoms with Crippen molar-refractivity contribution in [1.82, 2.24) is 0 Å². The Labute approximate surface area is 78.2 Å². The van der Waals surface area contributed by atoms with Crippen LogP contribution in [-0.4, -0.2) is 0 Å². The molecule has 1 aromatic carbocycles. The Kier molecular flexibility index (Phi) is 1.76. The lowest BCUT2D eigenvalue weighted by Gasteiger charge is -2.20. The molecule has 0 spiro atoms. The van der Waals surface area contributed by atoms with Crippen molar-refractivity contribution in [3.8, 4) is 0 Å². The van der Waals surface area contributed by atoms with Gasteiger partial charge in [0.25, 0.3) is 0 Å². The maximum absolute atomic E-state index is 5.92. The number of benzene rings is 1. The van der Waals surface area contributed by atoms with E-state index in [4.69, 9.17) is 11.5 Å². The molecule has 0 bridgehead atoms. The second-order valence-electron chi connectivity index (χ2n) is 3.68. The number of nitrogens with two attached hydrogens (primary N) is 2. The predicted octanol–water partition coefficient (Wildman–Crippen LogP) is 1.76. The third-order valence-electron chi connectivity index (χ3n) is 2.48. The molecule has 1 unspecified atom stereocenters. The number of rotatable bonds is 0. The van der Waals surface area contributed by atoms with Crippen LogP contribution in [-0.2, 0) is 6.42 Å². The van der Waals surface area contributed by atoms with Crippen LogP contribution < -0.4 is 11.5 Å². The summed E-state index contributed by atoms with van der Waals surface area (Å²) in [5, 5.41) is 0. The molecule has 1 aromatic rings. The fraction of sp³-hybridized carbons (Fsp3) is 0.273. The second kappa shape index (κ2) is 2.80. The third-order valence-corrected chi connectivity index (χ3v) is 2.48. The first kappa shape index (κ1) is 8.17. The molecule has 1 aliphatic carbocycles. The van der Waals surface area contributed by atoms with Gasteiger partial charge in [0.2, 0.25) is 0 Å². The molecule has 0 fully saturated rings. The largest absolute Gasteiger partial charge is 0.398 e. The molecule has 0 amide bonds. The Morgan fingerprint density at radius 3 is 2.85 bits per heavy atom. The van der Waals surface area contributed by atoms with E-state index in [0.29, 0.717) is 5.92 Å². The maximum Gasteiger partial charge on any atom is 0.0411 e. The van der Waals surface area contributed by atoms with E-state index in [2.05, 4.69) is 19.1 Å². The van der Waals surface area contributed by atoms with Crippen LogP contribution in [0.3, 0.4) is 0 Å². The Bertz CT molecular complexity index is 366.